The van der Waals surface area contributed by atoms with Gasteiger partial charge in [-0.05, 0) is 92.3 Å². The predicted octanol–water partition coefficient (Wildman–Crippen LogP) is 7.61. The van der Waals surface area contributed by atoms with Gasteiger partial charge in [0.25, 0.3) is 0 Å². The molecule has 0 aromatic heterocycles. The van der Waals surface area contributed by atoms with E-state index in [1.54, 1.807) is 12.1 Å². The fourth-order valence-corrected chi connectivity index (χ4v) is 5.69. The molecule has 0 aliphatic heterocycles. The molecule has 2 aliphatic rings. The summed E-state index contributed by atoms with van der Waals surface area (Å²) in [5.41, 5.74) is 4.33. The minimum absolute atomic E-state index is 0.0262. The van der Waals surface area contributed by atoms with Gasteiger partial charge < -0.3 is 14.9 Å². The summed E-state index contributed by atoms with van der Waals surface area (Å²) in [5.74, 6) is -0.228. The van der Waals surface area contributed by atoms with Gasteiger partial charge >= 0.3 is 12.1 Å². The molecule has 8 heteroatoms. The van der Waals surface area contributed by atoms with Crippen molar-refractivity contribution in [3.05, 3.63) is 69.8 Å². The van der Waals surface area contributed by atoms with E-state index in [-0.39, 0.29) is 30.6 Å². The van der Waals surface area contributed by atoms with Crippen LogP contribution >= 0.6 is 0 Å². The molecule has 39 heavy (non-hydrogen) atoms. The van der Waals surface area contributed by atoms with Crippen molar-refractivity contribution in [3.63, 3.8) is 0 Å². The van der Waals surface area contributed by atoms with E-state index in [0.717, 1.165) is 50.5 Å². The van der Waals surface area contributed by atoms with Crippen LogP contribution in [-0.2, 0) is 33.6 Å². The van der Waals surface area contributed by atoms with Gasteiger partial charge in [-0.1, -0.05) is 48.7 Å². The molecule has 2 aromatic rings. The molecule has 1 unspecified atom stereocenters. The summed E-state index contributed by atoms with van der Waals surface area (Å²) in [6, 6.07) is 10.9. The zero-order valence-corrected chi connectivity index (χ0v) is 23.1. The number of fused-ring (bicyclic) bond motifs is 1. The molecule has 1 N–H and O–H groups in total. The average Bonchev–Trinajstić information content (AvgIpc) is 3.30. The Kier molecular flexibility index (Phi) is 9.70. The maximum atomic E-state index is 13.8. The summed E-state index contributed by atoms with van der Waals surface area (Å²) < 4.78 is 46.7. The number of hydrogen-bond donors (Lipinski definition) is 1. The lowest BCUT2D eigenvalue weighted by molar-refractivity contribution is -0.147. The van der Waals surface area contributed by atoms with Crippen molar-refractivity contribution in [2.45, 2.75) is 103 Å². The molecule has 212 valence electrons. The number of carbonyl (C=O) groups is 1. The highest BCUT2D eigenvalue weighted by atomic mass is 19.4. The average molecular weight is 545 g/mol. The Labute approximate surface area is 229 Å². The molecular weight excluding hydrogens is 505 g/mol. The number of aryl methyl sites for hydroxylation is 1. The summed E-state index contributed by atoms with van der Waals surface area (Å²) >= 11 is 0. The van der Waals surface area contributed by atoms with Crippen molar-refractivity contribution in [3.8, 4) is 0 Å². The Morgan fingerprint density at radius 2 is 1.79 bits per heavy atom. The normalized spacial score (nSPS) is 18.3. The number of benzene rings is 2. The van der Waals surface area contributed by atoms with Crippen LogP contribution < -0.4 is 5.32 Å². The molecule has 1 saturated carbocycles. The van der Waals surface area contributed by atoms with Gasteiger partial charge in [-0.15, -0.1) is 0 Å². The van der Waals surface area contributed by atoms with Gasteiger partial charge in [-0.25, -0.2) is 0 Å². The zero-order chi connectivity index (χ0) is 28.0. The Morgan fingerprint density at radius 3 is 2.51 bits per heavy atom. The number of nitrogens with one attached hydrogen (secondary N) is 1. The van der Waals surface area contributed by atoms with Crippen molar-refractivity contribution in [1.82, 2.24) is 5.32 Å². The molecule has 0 heterocycles. The second-order valence-corrected chi connectivity index (χ2v) is 11.0. The van der Waals surface area contributed by atoms with E-state index in [4.69, 9.17) is 9.57 Å². The Bertz CT molecular complexity index is 1170. The number of hydrogen-bond acceptors (Lipinski definition) is 5. The topological polar surface area (TPSA) is 59.9 Å². The smallest absolute Gasteiger partial charge is 0.416 e. The molecule has 5 nitrogen and oxygen atoms in total. The van der Waals surface area contributed by atoms with Gasteiger partial charge in [0.2, 0.25) is 0 Å². The van der Waals surface area contributed by atoms with Crippen LogP contribution in [0.2, 0.25) is 0 Å². The minimum atomic E-state index is -4.39. The Balaban J connectivity index is 1.35. The van der Waals surface area contributed by atoms with E-state index in [9.17, 15) is 18.0 Å². The van der Waals surface area contributed by atoms with Crippen molar-refractivity contribution in [2.24, 2.45) is 5.16 Å². The summed E-state index contributed by atoms with van der Waals surface area (Å²) in [5, 5.41) is 7.65. The summed E-state index contributed by atoms with van der Waals surface area (Å²) in [4.78, 5) is 17.3. The van der Waals surface area contributed by atoms with Crippen molar-refractivity contribution >= 4 is 11.7 Å². The summed E-state index contributed by atoms with van der Waals surface area (Å²) in [7, 11) is 0. The first-order valence-corrected chi connectivity index (χ1v) is 14.0. The number of nitrogens with zero attached hydrogens (tertiary/aromatic N) is 1. The van der Waals surface area contributed by atoms with Crippen LogP contribution in [0.5, 0.6) is 0 Å². The van der Waals surface area contributed by atoms with E-state index < -0.39 is 11.7 Å². The molecule has 1 fully saturated rings. The predicted molar refractivity (Wildman–Crippen MR) is 146 cm³/mol. The number of ether oxygens (including phenoxy) is 1. The van der Waals surface area contributed by atoms with Crippen LogP contribution in [-0.4, -0.2) is 24.3 Å². The van der Waals surface area contributed by atoms with Gasteiger partial charge in [0.05, 0.1) is 23.8 Å². The fourth-order valence-electron chi connectivity index (χ4n) is 5.69. The highest BCUT2D eigenvalue weighted by Crippen LogP contribution is 2.41. The highest BCUT2D eigenvalue weighted by Gasteiger charge is 2.35. The van der Waals surface area contributed by atoms with Crippen LogP contribution in [0.25, 0.3) is 0 Å². The first kappa shape index (κ1) is 29.1. The van der Waals surface area contributed by atoms with Gasteiger partial charge in [0, 0.05) is 12.6 Å². The number of rotatable bonds is 10. The number of alkyl halides is 3. The zero-order valence-electron chi connectivity index (χ0n) is 23.1. The standard InChI is InChI=1S/C31H39F3N2O3/c1-20(2)39-30(37)15-16-35-29-14-11-25-18-24(10-13-27(25)29)21(3)36-38-19-22-9-12-26(23-7-5-4-6-8-23)28(17-22)31(32,33)34/h9-10,12-13,17-18,20,23,29,35H,4-8,11,14-16,19H2,1-3H3/b36-21+. The first-order chi connectivity index (χ1) is 18.6. The molecule has 0 amide bonds. The molecule has 0 saturated heterocycles. The SMILES string of the molecule is C/C(=N\OCc1ccc(C2CCCCC2)c(C(F)(F)F)c1)c1ccc2c(c1)CCC2NCCC(=O)OC(C)C. The molecule has 0 spiro atoms. The second kappa shape index (κ2) is 13.0. The molecule has 2 aromatic carbocycles. The third-order valence-electron chi connectivity index (χ3n) is 7.63. The molecule has 4 rings (SSSR count). The van der Waals surface area contributed by atoms with E-state index in [0.29, 0.717) is 29.8 Å². The van der Waals surface area contributed by atoms with Crippen molar-refractivity contribution in [2.75, 3.05) is 6.54 Å². The first-order valence-electron chi connectivity index (χ1n) is 14.0. The van der Waals surface area contributed by atoms with E-state index in [1.807, 2.05) is 26.8 Å². The number of halogens is 3. The second-order valence-electron chi connectivity index (χ2n) is 11.0. The maximum Gasteiger partial charge on any atom is 0.416 e. The van der Waals surface area contributed by atoms with Crippen LogP contribution in [0, 0.1) is 0 Å². The van der Waals surface area contributed by atoms with E-state index >= 15 is 0 Å². The van der Waals surface area contributed by atoms with Crippen molar-refractivity contribution < 1.29 is 27.5 Å². The molecule has 2 aliphatic carbocycles. The highest BCUT2D eigenvalue weighted by molar-refractivity contribution is 5.98. The summed E-state index contributed by atoms with van der Waals surface area (Å²) in [6.07, 6.45) is 2.38. The minimum Gasteiger partial charge on any atom is -0.463 e. The molecule has 1 atom stereocenters. The largest absolute Gasteiger partial charge is 0.463 e. The molecular formula is C31H39F3N2O3. The van der Waals surface area contributed by atoms with Crippen LogP contribution in [0.4, 0.5) is 13.2 Å². The lowest BCUT2D eigenvalue weighted by Crippen LogP contribution is -2.24. The lowest BCUT2D eigenvalue weighted by atomic mass is 9.81. The number of carbonyl (C=O) groups excluding carboxylic acids is 1. The summed E-state index contributed by atoms with van der Waals surface area (Å²) in [6.45, 7) is 6.04. The van der Waals surface area contributed by atoms with E-state index in [1.165, 1.54) is 17.2 Å². The monoisotopic (exact) mass is 544 g/mol. The lowest BCUT2D eigenvalue weighted by Gasteiger charge is -2.25. The number of esters is 1. The van der Waals surface area contributed by atoms with Gasteiger partial charge in [-0.3, -0.25) is 4.79 Å². The molecule has 0 bridgehead atoms. The van der Waals surface area contributed by atoms with Crippen LogP contribution in [0.1, 0.15) is 111 Å². The van der Waals surface area contributed by atoms with Gasteiger partial charge in [-0.2, -0.15) is 13.2 Å². The van der Waals surface area contributed by atoms with Crippen LogP contribution in [0.15, 0.2) is 41.6 Å². The third-order valence-corrected chi connectivity index (χ3v) is 7.63. The van der Waals surface area contributed by atoms with Gasteiger partial charge in [0.15, 0.2) is 0 Å². The fraction of sp³-hybridized carbons (Fsp3) is 0.548. The number of oxime groups is 1. The molecule has 0 radical (unpaired) electrons. The third kappa shape index (κ3) is 7.84. The van der Waals surface area contributed by atoms with E-state index in [2.05, 4.69) is 22.6 Å². The van der Waals surface area contributed by atoms with Crippen molar-refractivity contribution in [1.29, 1.82) is 0 Å². The quantitative estimate of drug-likeness (QED) is 0.190. The Hall–Kier alpha value is -2.87. The maximum absolute atomic E-state index is 13.8. The van der Waals surface area contributed by atoms with Gasteiger partial charge in [0.1, 0.15) is 6.61 Å². The van der Waals surface area contributed by atoms with Crippen LogP contribution in [0.3, 0.4) is 0 Å². The Morgan fingerprint density at radius 1 is 1.05 bits per heavy atom.